The van der Waals surface area contributed by atoms with E-state index >= 15 is 0 Å². The number of nitrogens with zero attached hydrogens (tertiary/aromatic N) is 3. The van der Waals surface area contributed by atoms with E-state index in [9.17, 15) is 53.1 Å². The Hall–Kier alpha value is -6.84. The molecule has 7 atom stereocenters. The van der Waals surface area contributed by atoms with Crippen molar-refractivity contribution < 1.29 is 63.3 Å². The maximum absolute atomic E-state index is 13.5. The van der Waals surface area contributed by atoms with Crippen LogP contribution in [0.25, 0.3) is 0 Å². The van der Waals surface area contributed by atoms with E-state index in [0.29, 0.717) is 19.4 Å². The van der Waals surface area contributed by atoms with Crippen molar-refractivity contribution in [2.24, 2.45) is 38.7 Å². The molecule has 0 aromatic heterocycles. The van der Waals surface area contributed by atoms with Gasteiger partial charge in [-0.1, -0.05) is 0 Å². The van der Waals surface area contributed by atoms with Crippen LogP contribution in [0, 0.1) is 0 Å². The molecule has 1 saturated heterocycles. The summed E-state index contributed by atoms with van der Waals surface area (Å²) in [4.78, 5) is 135. The van der Waals surface area contributed by atoms with Gasteiger partial charge in [0.1, 0.15) is 36.3 Å². The fraction of sp³-hybridized carbons (Fsp3) is 0.647. The number of carboxylic acid groups (broad SMARTS) is 2. The van der Waals surface area contributed by atoms with Crippen molar-refractivity contribution in [3.05, 3.63) is 0 Å². The molecule has 1 fully saturated rings. The Morgan fingerprint density at radius 1 is 0.694 bits per heavy atom. The summed E-state index contributed by atoms with van der Waals surface area (Å²) in [6.07, 6.45) is -1.51. The second kappa shape index (κ2) is 27.1. The fourth-order valence-corrected chi connectivity index (χ4v) is 5.75. The van der Waals surface area contributed by atoms with Crippen LogP contribution in [0.2, 0.25) is 0 Å². The van der Waals surface area contributed by atoms with Crippen LogP contribution in [-0.2, 0) is 47.9 Å². The molecule has 0 radical (unpaired) electrons. The second-order valence-electron chi connectivity index (χ2n) is 14.0. The van der Waals surface area contributed by atoms with E-state index in [1.807, 2.05) is 5.32 Å². The van der Waals surface area contributed by atoms with Crippen molar-refractivity contribution >= 4 is 71.1 Å². The number of carbonyl (C=O) groups is 10. The molecule has 0 aliphatic carbocycles. The number of nitrogens with two attached hydrogens (primary N) is 5. The molecule has 0 bridgehead atoms. The van der Waals surface area contributed by atoms with Crippen LogP contribution in [-0.4, -0.2) is 173 Å². The third-order valence-corrected chi connectivity index (χ3v) is 8.89. The lowest BCUT2D eigenvalue weighted by Crippen LogP contribution is -2.59. The molecule has 20 N–H and O–H groups in total. The molecule has 0 aromatic rings. The minimum Gasteiger partial charge on any atom is -0.481 e. The summed E-state index contributed by atoms with van der Waals surface area (Å²) < 4.78 is 0. The lowest BCUT2D eigenvalue weighted by atomic mass is 10.1. The van der Waals surface area contributed by atoms with Gasteiger partial charge in [-0.05, 0) is 52.4 Å². The third kappa shape index (κ3) is 19.9. The number of aliphatic imine (C=N–C) groups is 2. The van der Waals surface area contributed by atoms with Gasteiger partial charge < -0.3 is 86.1 Å². The average molecular weight is 886 g/mol. The van der Waals surface area contributed by atoms with E-state index in [2.05, 4.69) is 41.9 Å². The highest BCUT2D eigenvalue weighted by Gasteiger charge is 2.36. The standard InChI is InChI=1S/C34H59N15O13/c1-16(32(61)62)44-29(58)20(12-25(54)55)46-23(52)15-43-31(60)26(17(2)50)48-28(57)19(7-4-10-41-34(38)39)45-22(51)14-42-27(56)18(6-3-9-40-33(36)37)47-30(59)21-8-5-11-49(21)24(53)13-35/h16-21,26,50H,3-15,35H2,1-2H3,(H,42,56)(H,43,60)(H,44,58)(H,45,51)(H,46,52)(H,47,59)(H,48,57)(H,54,55)(H,61,62)(H4,36,37,40)(H4,38,39,41)/t16-,17+,18-,19-,20-,21-,26-/m0/s1. The Kier molecular flexibility index (Phi) is 23.2. The van der Waals surface area contributed by atoms with Crippen LogP contribution >= 0.6 is 0 Å². The summed E-state index contributed by atoms with van der Waals surface area (Å²) in [5, 5.41) is 44.4. The Morgan fingerprint density at radius 3 is 1.68 bits per heavy atom. The van der Waals surface area contributed by atoms with Crippen molar-refractivity contribution in [1.82, 2.24) is 42.1 Å². The average Bonchev–Trinajstić information content (AvgIpc) is 3.69. The second-order valence-corrected chi connectivity index (χ2v) is 14.0. The smallest absolute Gasteiger partial charge is 0.325 e. The summed E-state index contributed by atoms with van der Waals surface area (Å²) in [5.74, 6) is -10.6. The minimum absolute atomic E-state index is 0.000787. The Labute approximate surface area is 355 Å². The zero-order chi connectivity index (χ0) is 47.1. The number of hydrogen-bond donors (Lipinski definition) is 15. The number of likely N-dealkylation sites (tertiary alicyclic amines) is 1. The molecule has 0 saturated carbocycles. The van der Waals surface area contributed by atoms with Gasteiger partial charge in [0.25, 0.3) is 0 Å². The van der Waals surface area contributed by atoms with E-state index in [1.54, 1.807) is 0 Å². The van der Waals surface area contributed by atoms with Crippen molar-refractivity contribution in [2.75, 3.05) is 39.3 Å². The maximum atomic E-state index is 13.5. The SMILES string of the molecule is C[C@H](NC(=O)[C@H](CC(=O)O)NC(=O)CNC(=O)[C@@H](NC(=O)[C@H](CCCN=C(N)N)NC(=O)CNC(=O)[C@H](CCCN=C(N)N)NC(=O)[C@@H]1CCCN1C(=O)CN)[C@@H](C)O)C(=O)O. The number of carboxylic acids is 2. The monoisotopic (exact) mass is 885 g/mol. The predicted molar refractivity (Wildman–Crippen MR) is 217 cm³/mol. The molecule has 1 aliphatic heterocycles. The summed E-state index contributed by atoms with van der Waals surface area (Å²) in [6.45, 7) is 0.686. The molecule has 1 rings (SSSR count). The lowest BCUT2D eigenvalue weighted by Gasteiger charge is -2.26. The van der Waals surface area contributed by atoms with Gasteiger partial charge in [-0.3, -0.25) is 57.9 Å². The first-order valence-electron chi connectivity index (χ1n) is 19.4. The van der Waals surface area contributed by atoms with Gasteiger partial charge >= 0.3 is 11.9 Å². The van der Waals surface area contributed by atoms with E-state index < -0.39 is 121 Å². The summed E-state index contributed by atoms with van der Waals surface area (Å²) >= 11 is 0. The molecule has 1 heterocycles. The number of rotatable bonds is 27. The van der Waals surface area contributed by atoms with Crippen molar-refractivity contribution in [1.29, 1.82) is 0 Å². The van der Waals surface area contributed by atoms with E-state index in [4.69, 9.17) is 38.9 Å². The first kappa shape index (κ1) is 53.2. The number of carbonyl (C=O) groups excluding carboxylic acids is 8. The molecular formula is C34H59N15O13. The van der Waals surface area contributed by atoms with E-state index in [0.717, 1.165) is 13.8 Å². The van der Waals surface area contributed by atoms with Gasteiger partial charge in [0.15, 0.2) is 11.9 Å². The third-order valence-electron chi connectivity index (χ3n) is 8.89. The summed E-state index contributed by atoms with van der Waals surface area (Å²) in [5.41, 5.74) is 26.9. The Bertz CT molecular complexity index is 1690. The number of guanidine groups is 2. The number of hydrogen-bond acceptors (Lipinski definition) is 14. The van der Waals surface area contributed by atoms with Crippen LogP contribution in [0.4, 0.5) is 0 Å². The van der Waals surface area contributed by atoms with Crippen molar-refractivity contribution in [3.8, 4) is 0 Å². The summed E-state index contributed by atoms with van der Waals surface area (Å²) in [7, 11) is 0. The number of aliphatic hydroxyl groups excluding tert-OH is 1. The van der Waals surface area contributed by atoms with Gasteiger partial charge in [0.05, 0.1) is 32.2 Å². The van der Waals surface area contributed by atoms with Gasteiger partial charge in [0.2, 0.25) is 47.3 Å². The summed E-state index contributed by atoms with van der Waals surface area (Å²) in [6, 6.07) is -8.45. The number of aliphatic carboxylic acids is 2. The highest BCUT2D eigenvalue weighted by atomic mass is 16.4. The normalized spacial score (nSPS) is 16.0. The Balaban J connectivity index is 3.08. The first-order chi connectivity index (χ1) is 29.1. The highest BCUT2D eigenvalue weighted by molar-refractivity contribution is 5.97. The van der Waals surface area contributed by atoms with Crippen molar-refractivity contribution in [3.63, 3.8) is 0 Å². The van der Waals surface area contributed by atoms with E-state index in [-0.39, 0.29) is 57.2 Å². The molecule has 8 amide bonds. The Morgan fingerprint density at radius 2 is 1.19 bits per heavy atom. The molecule has 0 aromatic carbocycles. The molecule has 62 heavy (non-hydrogen) atoms. The van der Waals surface area contributed by atoms with Crippen LogP contribution in [0.5, 0.6) is 0 Å². The zero-order valence-electron chi connectivity index (χ0n) is 34.4. The van der Waals surface area contributed by atoms with Crippen LogP contribution in [0.15, 0.2) is 9.98 Å². The molecule has 1 aliphatic rings. The van der Waals surface area contributed by atoms with Gasteiger partial charge in [-0.2, -0.15) is 0 Å². The zero-order valence-corrected chi connectivity index (χ0v) is 34.4. The molecule has 28 nitrogen and oxygen atoms in total. The highest BCUT2D eigenvalue weighted by Crippen LogP contribution is 2.18. The predicted octanol–water partition coefficient (Wildman–Crippen LogP) is -8.34. The van der Waals surface area contributed by atoms with Crippen LogP contribution in [0.3, 0.4) is 0 Å². The van der Waals surface area contributed by atoms with Crippen molar-refractivity contribution in [2.45, 2.75) is 101 Å². The lowest BCUT2D eigenvalue weighted by molar-refractivity contribution is -0.143. The molecular weight excluding hydrogens is 826 g/mol. The van der Waals surface area contributed by atoms with Crippen LogP contribution in [0.1, 0.15) is 58.8 Å². The number of nitrogens with one attached hydrogen (secondary N) is 7. The van der Waals surface area contributed by atoms with Gasteiger partial charge in [-0.15, -0.1) is 0 Å². The topological polar surface area (TPSA) is 474 Å². The maximum Gasteiger partial charge on any atom is 0.325 e. The molecule has 28 heteroatoms. The quantitative estimate of drug-likeness (QED) is 0.0207. The minimum atomic E-state index is -1.75. The fourth-order valence-electron chi connectivity index (χ4n) is 5.75. The van der Waals surface area contributed by atoms with E-state index in [1.165, 1.54) is 4.90 Å². The molecule has 0 unspecified atom stereocenters. The number of aliphatic hydroxyl groups is 1. The molecule has 348 valence electrons. The van der Waals surface area contributed by atoms with Gasteiger partial charge in [-0.25, -0.2) is 0 Å². The van der Waals surface area contributed by atoms with Gasteiger partial charge in [0, 0.05) is 19.6 Å². The first-order valence-corrected chi connectivity index (χ1v) is 19.4. The molecule has 0 spiro atoms. The largest absolute Gasteiger partial charge is 0.481 e. The number of amides is 8. The van der Waals surface area contributed by atoms with Crippen LogP contribution < -0.4 is 65.9 Å².